The summed E-state index contributed by atoms with van der Waals surface area (Å²) in [5.74, 6) is 0.180. The van der Waals surface area contributed by atoms with E-state index in [2.05, 4.69) is 61.0 Å². The summed E-state index contributed by atoms with van der Waals surface area (Å²) in [5.41, 5.74) is 2.51. The molecular formula is C19H24N2OS. The van der Waals surface area contributed by atoms with E-state index in [0.717, 1.165) is 30.9 Å². The molecule has 2 aromatic rings. The first-order valence-corrected chi connectivity index (χ1v) is 9.05. The molecule has 1 aliphatic heterocycles. The minimum absolute atomic E-state index is 0.134. The van der Waals surface area contributed by atoms with Gasteiger partial charge in [-0.1, -0.05) is 37.3 Å². The minimum atomic E-state index is 0.134. The zero-order valence-corrected chi connectivity index (χ0v) is 14.9. The maximum Gasteiger partial charge on any atom is 0.264 e. The van der Waals surface area contributed by atoms with Crippen molar-refractivity contribution >= 4 is 17.2 Å². The Labute approximate surface area is 142 Å². The zero-order valence-electron chi connectivity index (χ0n) is 14.1. The largest absolute Gasteiger partial charge is 0.328 e. The van der Waals surface area contributed by atoms with Gasteiger partial charge in [-0.25, -0.2) is 0 Å². The van der Waals surface area contributed by atoms with Crippen LogP contribution in [0.1, 0.15) is 38.6 Å². The molecule has 0 unspecified atom stereocenters. The summed E-state index contributed by atoms with van der Waals surface area (Å²) >= 11 is 1.63. The molecule has 0 saturated carbocycles. The van der Waals surface area contributed by atoms with Crippen LogP contribution in [-0.4, -0.2) is 42.4 Å². The zero-order chi connectivity index (χ0) is 16.4. The third kappa shape index (κ3) is 3.33. The molecule has 0 aliphatic carbocycles. The van der Waals surface area contributed by atoms with E-state index in [4.69, 9.17) is 0 Å². The van der Waals surface area contributed by atoms with Gasteiger partial charge in [-0.3, -0.25) is 4.79 Å². The molecule has 1 amide bonds. The Morgan fingerprint density at radius 2 is 2.00 bits per heavy atom. The van der Waals surface area contributed by atoms with Gasteiger partial charge < -0.3 is 9.80 Å². The highest BCUT2D eigenvalue weighted by Gasteiger charge is 2.31. The van der Waals surface area contributed by atoms with E-state index >= 15 is 0 Å². The second-order valence-electron chi connectivity index (χ2n) is 6.23. The van der Waals surface area contributed by atoms with Crippen molar-refractivity contribution in [2.75, 3.05) is 26.7 Å². The average molecular weight is 328 g/mol. The quantitative estimate of drug-likeness (QED) is 0.857. The Morgan fingerprint density at radius 3 is 2.65 bits per heavy atom. The van der Waals surface area contributed by atoms with E-state index < -0.39 is 0 Å². The molecule has 122 valence electrons. The molecule has 0 bridgehead atoms. The van der Waals surface area contributed by atoms with Crippen molar-refractivity contribution in [2.24, 2.45) is 0 Å². The van der Waals surface area contributed by atoms with Crippen molar-refractivity contribution in [3.63, 3.8) is 0 Å². The number of aryl methyl sites for hydroxylation is 2. The van der Waals surface area contributed by atoms with Gasteiger partial charge in [0.15, 0.2) is 0 Å². The fraction of sp³-hybridized carbons (Fsp3) is 0.421. The number of benzene rings is 1. The SMILES string of the molecule is CCc1cc(C(=O)N2CCN(C)C[C@@H]2c2ccccc2)sc1C. The lowest BCUT2D eigenvalue weighted by Crippen LogP contribution is -2.49. The van der Waals surface area contributed by atoms with E-state index in [1.807, 2.05) is 6.07 Å². The summed E-state index contributed by atoms with van der Waals surface area (Å²) in [6.07, 6.45) is 0.987. The Hall–Kier alpha value is -1.65. The van der Waals surface area contributed by atoms with Crippen LogP contribution in [0.25, 0.3) is 0 Å². The molecule has 1 atom stereocenters. The fourth-order valence-electron chi connectivity index (χ4n) is 3.24. The van der Waals surface area contributed by atoms with Crippen LogP contribution in [0.15, 0.2) is 36.4 Å². The first-order valence-electron chi connectivity index (χ1n) is 8.24. The highest BCUT2D eigenvalue weighted by molar-refractivity contribution is 7.14. The van der Waals surface area contributed by atoms with Crippen molar-refractivity contribution in [1.82, 2.24) is 9.80 Å². The van der Waals surface area contributed by atoms with Crippen molar-refractivity contribution in [2.45, 2.75) is 26.3 Å². The van der Waals surface area contributed by atoms with E-state index in [-0.39, 0.29) is 11.9 Å². The Balaban J connectivity index is 1.90. The van der Waals surface area contributed by atoms with Crippen LogP contribution >= 0.6 is 11.3 Å². The smallest absolute Gasteiger partial charge is 0.264 e. The highest BCUT2D eigenvalue weighted by atomic mass is 32.1. The predicted molar refractivity (Wildman–Crippen MR) is 96.2 cm³/mol. The number of rotatable bonds is 3. The lowest BCUT2D eigenvalue weighted by Gasteiger charge is -2.40. The topological polar surface area (TPSA) is 23.6 Å². The normalized spacial score (nSPS) is 19.1. The van der Waals surface area contributed by atoms with Crippen molar-refractivity contribution in [1.29, 1.82) is 0 Å². The fourth-order valence-corrected chi connectivity index (χ4v) is 4.31. The molecule has 1 aromatic carbocycles. The summed E-state index contributed by atoms with van der Waals surface area (Å²) in [4.78, 5) is 19.6. The molecule has 1 aromatic heterocycles. The minimum Gasteiger partial charge on any atom is -0.328 e. The maximum absolute atomic E-state index is 13.1. The molecule has 3 rings (SSSR count). The Kier molecular flexibility index (Phi) is 4.83. The van der Waals surface area contributed by atoms with Gasteiger partial charge in [0.1, 0.15) is 0 Å². The number of likely N-dealkylation sites (N-methyl/N-ethyl adjacent to an activating group) is 1. The molecule has 2 heterocycles. The van der Waals surface area contributed by atoms with Gasteiger partial charge in [-0.15, -0.1) is 11.3 Å². The summed E-state index contributed by atoms with van der Waals surface area (Å²) in [6.45, 7) is 6.86. The van der Waals surface area contributed by atoms with Crippen molar-refractivity contribution in [3.8, 4) is 0 Å². The molecule has 3 nitrogen and oxygen atoms in total. The molecule has 23 heavy (non-hydrogen) atoms. The summed E-state index contributed by atoms with van der Waals surface area (Å²) in [7, 11) is 2.13. The van der Waals surface area contributed by atoms with Crippen LogP contribution in [0.2, 0.25) is 0 Å². The van der Waals surface area contributed by atoms with E-state index in [9.17, 15) is 4.79 Å². The number of carbonyl (C=O) groups excluding carboxylic acids is 1. The van der Waals surface area contributed by atoms with Crippen molar-refractivity contribution in [3.05, 3.63) is 57.3 Å². The molecular weight excluding hydrogens is 304 g/mol. The van der Waals surface area contributed by atoms with Crippen molar-refractivity contribution < 1.29 is 4.79 Å². The standard InChI is InChI=1S/C19H24N2OS/c1-4-15-12-18(23-14(15)2)19(22)21-11-10-20(3)13-17(21)16-8-6-5-7-9-16/h5-9,12,17H,4,10-11,13H2,1-3H3/t17-/m1/s1. The molecule has 1 aliphatic rings. The maximum atomic E-state index is 13.1. The second-order valence-corrected chi connectivity index (χ2v) is 7.49. The van der Waals surface area contributed by atoms with Crippen LogP contribution in [0.4, 0.5) is 0 Å². The van der Waals surface area contributed by atoms with Gasteiger partial charge >= 0.3 is 0 Å². The molecule has 0 spiro atoms. The number of hydrogen-bond acceptors (Lipinski definition) is 3. The number of amides is 1. The third-order valence-corrected chi connectivity index (χ3v) is 5.72. The van der Waals surface area contributed by atoms with Gasteiger partial charge in [0.2, 0.25) is 0 Å². The van der Waals surface area contributed by atoms with Crippen LogP contribution in [-0.2, 0) is 6.42 Å². The van der Waals surface area contributed by atoms with E-state index in [1.54, 1.807) is 11.3 Å². The van der Waals surface area contributed by atoms with E-state index in [1.165, 1.54) is 16.0 Å². The number of hydrogen-bond donors (Lipinski definition) is 0. The lowest BCUT2D eigenvalue weighted by molar-refractivity contribution is 0.0503. The predicted octanol–water partition coefficient (Wildman–Crippen LogP) is 3.75. The first-order chi connectivity index (χ1) is 11.1. The monoisotopic (exact) mass is 328 g/mol. The molecule has 0 radical (unpaired) electrons. The van der Waals surface area contributed by atoms with Crippen LogP contribution < -0.4 is 0 Å². The number of piperazine rings is 1. The first kappa shape index (κ1) is 16.2. The number of nitrogens with zero attached hydrogens (tertiary/aromatic N) is 2. The molecule has 0 N–H and O–H groups in total. The Bertz CT molecular complexity index is 680. The lowest BCUT2D eigenvalue weighted by atomic mass is 10.0. The van der Waals surface area contributed by atoms with E-state index in [0.29, 0.717) is 0 Å². The summed E-state index contributed by atoms with van der Waals surface area (Å²) < 4.78 is 0. The van der Waals surface area contributed by atoms with Gasteiger partial charge in [-0.05, 0) is 37.6 Å². The van der Waals surface area contributed by atoms with Crippen LogP contribution in [0.3, 0.4) is 0 Å². The van der Waals surface area contributed by atoms with Gasteiger partial charge in [0.05, 0.1) is 10.9 Å². The van der Waals surface area contributed by atoms with Gasteiger partial charge in [0.25, 0.3) is 5.91 Å². The van der Waals surface area contributed by atoms with Gasteiger partial charge in [0, 0.05) is 24.5 Å². The molecule has 1 saturated heterocycles. The summed E-state index contributed by atoms with van der Waals surface area (Å²) in [6, 6.07) is 12.6. The molecule has 4 heteroatoms. The Morgan fingerprint density at radius 1 is 1.26 bits per heavy atom. The number of thiophene rings is 1. The second kappa shape index (κ2) is 6.85. The number of carbonyl (C=O) groups is 1. The molecule has 1 fully saturated rings. The average Bonchev–Trinajstić information content (AvgIpc) is 2.96. The highest BCUT2D eigenvalue weighted by Crippen LogP contribution is 2.30. The third-order valence-electron chi connectivity index (χ3n) is 4.64. The summed E-state index contributed by atoms with van der Waals surface area (Å²) in [5, 5.41) is 0. The van der Waals surface area contributed by atoms with Crippen LogP contribution in [0.5, 0.6) is 0 Å². The van der Waals surface area contributed by atoms with Crippen LogP contribution in [0, 0.1) is 6.92 Å². The van der Waals surface area contributed by atoms with Gasteiger partial charge in [-0.2, -0.15) is 0 Å².